The molecule has 0 unspecified atom stereocenters. The van der Waals surface area contributed by atoms with Crippen LogP contribution >= 0.6 is 0 Å². The largest absolute Gasteiger partial charge is 0.305 e. The van der Waals surface area contributed by atoms with Crippen molar-refractivity contribution in [1.82, 2.24) is 18.3 Å². The zero-order valence-corrected chi connectivity index (χ0v) is 41.8. The second-order valence-electron chi connectivity index (χ2n) is 20.5. The molecule has 0 fully saturated rings. The molecule has 0 atom stereocenters. The minimum absolute atomic E-state index is 0.419. The molecule has 0 spiro atoms. The van der Waals surface area contributed by atoms with Gasteiger partial charge in [-0.05, 0) is 45.8 Å². The number of aromatic nitrogens is 4. The number of rotatable bonds is 4. The molecule has 0 saturated carbocycles. The van der Waals surface area contributed by atoms with Crippen LogP contribution in [0.3, 0.4) is 0 Å². The van der Waals surface area contributed by atoms with Crippen molar-refractivity contribution in [3.63, 3.8) is 0 Å². The third-order valence-corrected chi connectivity index (χ3v) is 16.8. The average molecular weight is 989 g/mol. The van der Waals surface area contributed by atoms with Crippen molar-refractivity contribution in [1.29, 1.82) is 10.5 Å². The minimum Gasteiger partial charge on any atom is -0.305 e. The van der Waals surface area contributed by atoms with E-state index in [0.717, 1.165) is 130 Å². The molecular weight excluding hydrogens is 949 g/mol. The number of hydrogen-bond acceptors (Lipinski definition) is 2. The first-order valence-electron chi connectivity index (χ1n) is 26.4. The predicted octanol–water partition coefficient (Wildman–Crippen LogP) is 18.4. The van der Waals surface area contributed by atoms with Crippen LogP contribution in [0.15, 0.2) is 243 Å². The lowest BCUT2D eigenvalue weighted by Gasteiger charge is -2.27. The molecule has 0 aliphatic carbocycles. The summed E-state index contributed by atoms with van der Waals surface area (Å²) in [5.74, 6) is 0. The molecule has 0 saturated heterocycles. The maximum Gasteiger partial charge on any atom is 0.104 e. The van der Waals surface area contributed by atoms with Gasteiger partial charge < -0.3 is 18.3 Å². The van der Waals surface area contributed by atoms with E-state index >= 15 is 0 Å². The van der Waals surface area contributed by atoms with Crippen LogP contribution in [-0.2, 0) is 0 Å². The molecular formula is C72H40N6. The van der Waals surface area contributed by atoms with E-state index in [4.69, 9.17) is 0 Å². The lowest BCUT2D eigenvalue weighted by molar-refractivity contribution is 1.03. The van der Waals surface area contributed by atoms with Gasteiger partial charge in [-0.15, -0.1) is 0 Å². The quantitative estimate of drug-likeness (QED) is 0.176. The molecule has 78 heavy (non-hydrogen) atoms. The van der Waals surface area contributed by atoms with Crippen molar-refractivity contribution >= 4 is 130 Å². The molecule has 4 aromatic heterocycles. The summed E-state index contributed by atoms with van der Waals surface area (Å²) >= 11 is 0. The summed E-state index contributed by atoms with van der Waals surface area (Å²) in [6, 6.07) is 92.0. The molecule has 0 aliphatic rings. The third-order valence-electron chi connectivity index (χ3n) is 16.8. The lowest BCUT2D eigenvalue weighted by Crippen LogP contribution is -2.17. The number of nitriles is 2. The first-order valence-corrected chi connectivity index (χ1v) is 26.4. The number of benzene rings is 13. The van der Waals surface area contributed by atoms with E-state index in [1.807, 2.05) is 0 Å². The molecule has 0 bridgehead atoms. The van der Waals surface area contributed by atoms with Crippen molar-refractivity contribution in [2.45, 2.75) is 0 Å². The van der Waals surface area contributed by atoms with E-state index in [1.54, 1.807) is 0 Å². The van der Waals surface area contributed by atoms with E-state index in [-0.39, 0.29) is 0 Å². The first kappa shape index (κ1) is 42.4. The molecule has 0 amide bonds. The van der Waals surface area contributed by atoms with Crippen molar-refractivity contribution in [3.8, 4) is 34.9 Å². The van der Waals surface area contributed by atoms with Crippen LogP contribution in [0, 0.1) is 22.7 Å². The minimum atomic E-state index is 0.419. The molecule has 17 aromatic rings. The van der Waals surface area contributed by atoms with Crippen LogP contribution in [0.4, 0.5) is 0 Å². The van der Waals surface area contributed by atoms with Gasteiger partial charge in [-0.25, -0.2) is 0 Å². The van der Waals surface area contributed by atoms with Crippen LogP contribution in [0.5, 0.6) is 0 Å². The molecule has 0 radical (unpaired) electrons. The van der Waals surface area contributed by atoms with Crippen LogP contribution in [0.1, 0.15) is 11.1 Å². The Labute approximate surface area is 445 Å². The number of hydrogen-bond donors (Lipinski definition) is 0. The summed E-state index contributed by atoms with van der Waals surface area (Å²) in [5, 5.41) is 42.9. The topological polar surface area (TPSA) is 67.3 Å². The summed E-state index contributed by atoms with van der Waals surface area (Å²) in [6.07, 6.45) is 0. The fourth-order valence-electron chi connectivity index (χ4n) is 13.6. The molecule has 13 aromatic carbocycles. The highest BCUT2D eigenvalue weighted by molar-refractivity contribution is 6.24. The van der Waals surface area contributed by atoms with Gasteiger partial charge >= 0.3 is 0 Å². The normalized spacial score (nSPS) is 12.1. The van der Waals surface area contributed by atoms with E-state index in [9.17, 15) is 10.5 Å². The lowest BCUT2D eigenvalue weighted by atomic mass is 9.97. The predicted molar refractivity (Wildman–Crippen MR) is 323 cm³/mol. The Kier molecular flexibility index (Phi) is 8.60. The maximum absolute atomic E-state index is 13.0. The van der Waals surface area contributed by atoms with Gasteiger partial charge in [0, 0.05) is 64.6 Å². The van der Waals surface area contributed by atoms with E-state index < -0.39 is 0 Å². The van der Waals surface area contributed by atoms with Crippen LogP contribution in [-0.4, -0.2) is 18.3 Å². The Bertz CT molecular complexity index is 4930. The third kappa shape index (κ3) is 5.47. The van der Waals surface area contributed by atoms with Crippen molar-refractivity contribution in [2.75, 3.05) is 0 Å². The summed E-state index contributed by atoms with van der Waals surface area (Å²) < 4.78 is 9.31. The Balaban J connectivity index is 1.24. The Morgan fingerprint density at radius 1 is 0.205 bits per heavy atom. The van der Waals surface area contributed by atoms with Crippen LogP contribution < -0.4 is 0 Å². The van der Waals surface area contributed by atoms with Gasteiger partial charge in [-0.3, -0.25) is 0 Å². The molecule has 0 N–H and O–H groups in total. The fraction of sp³-hybridized carbons (Fsp3) is 0. The fourth-order valence-corrected chi connectivity index (χ4v) is 13.6. The Hall–Kier alpha value is -10.9. The number of fused-ring (bicyclic) bond motifs is 20. The molecule has 6 nitrogen and oxygen atoms in total. The standard InChI is InChI=1S/C72H40N6/c73-41-59-69(75-61-29-13-9-25-51(61)55-37-33-43-17-1-5-21-47(43)65(55)75)70(76-62-30-14-10-26-52(62)56-38-34-44-18-2-6-22-48(44)66(56)76)60(42-74)72(78-64-32-16-12-28-54(64)58-40-36-46-20-4-8-24-50(46)68(58)78)71(59)77-63-31-15-11-27-53(63)57-39-35-45-19-3-7-23-49(45)67(57)77/h1-40H. The Morgan fingerprint density at radius 3 is 0.641 bits per heavy atom. The van der Waals surface area contributed by atoms with E-state index in [1.165, 1.54) is 0 Å². The van der Waals surface area contributed by atoms with Gasteiger partial charge in [0.2, 0.25) is 0 Å². The monoisotopic (exact) mass is 988 g/mol. The van der Waals surface area contributed by atoms with Crippen molar-refractivity contribution < 1.29 is 0 Å². The van der Waals surface area contributed by atoms with Gasteiger partial charge in [0.1, 0.15) is 23.3 Å². The smallest absolute Gasteiger partial charge is 0.104 e. The van der Waals surface area contributed by atoms with Crippen molar-refractivity contribution in [2.24, 2.45) is 0 Å². The van der Waals surface area contributed by atoms with Gasteiger partial charge in [0.25, 0.3) is 0 Å². The first-order chi connectivity index (χ1) is 38.7. The zero-order chi connectivity index (χ0) is 51.3. The SMILES string of the molecule is N#Cc1c(-n2c3ccccc3c3ccc4ccccc4c32)c(-n2c3ccccc3c3ccc4ccccc4c32)c(C#N)c(-n2c3ccccc3c3ccc4ccccc4c32)c1-n1c2ccccc2c2ccc3ccccc3c21. The van der Waals surface area contributed by atoms with Crippen LogP contribution in [0.25, 0.3) is 153 Å². The van der Waals surface area contributed by atoms with Gasteiger partial charge in [-0.2, -0.15) is 10.5 Å². The van der Waals surface area contributed by atoms with E-state index in [2.05, 4.69) is 273 Å². The number of para-hydroxylation sites is 4. The molecule has 358 valence electrons. The highest BCUT2D eigenvalue weighted by Crippen LogP contribution is 2.51. The average Bonchev–Trinajstić information content (AvgIpc) is 4.33. The van der Waals surface area contributed by atoms with Gasteiger partial charge in [0.15, 0.2) is 0 Å². The van der Waals surface area contributed by atoms with Gasteiger partial charge in [0.05, 0.1) is 66.9 Å². The molecule has 17 rings (SSSR count). The summed E-state index contributed by atoms with van der Waals surface area (Å²) in [5.41, 5.74) is 10.8. The zero-order valence-electron chi connectivity index (χ0n) is 41.8. The summed E-state index contributed by atoms with van der Waals surface area (Å²) in [7, 11) is 0. The van der Waals surface area contributed by atoms with Gasteiger partial charge in [-0.1, -0.05) is 218 Å². The second kappa shape index (κ2) is 15.8. The maximum atomic E-state index is 13.0. The molecule has 4 heterocycles. The number of nitrogens with zero attached hydrogens (tertiary/aromatic N) is 6. The molecule has 6 heteroatoms. The summed E-state index contributed by atoms with van der Waals surface area (Å²) in [6.45, 7) is 0. The summed E-state index contributed by atoms with van der Waals surface area (Å²) in [4.78, 5) is 0. The molecule has 0 aliphatic heterocycles. The van der Waals surface area contributed by atoms with Crippen molar-refractivity contribution in [3.05, 3.63) is 254 Å². The highest BCUT2D eigenvalue weighted by atomic mass is 15.1. The van der Waals surface area contributed by atoms with Crippen LogP contribution in [0.2, 0.25) is 0 Å². The Morgan fingerprint density at radius 2 is 0.410 bits per heavy atom. The van der Waals surface area contributed by atoms with E-state index in [0.29, 0.717) is 33.9 Å². The second-order valence-corrected chi connectivity index (χ2v) is 20.5. The highest BCUT2D eigenvalue weighted by Gasteiger charge is 2.35.